The molecular formula is C17H11ClF3NO2. The molecule has 0 fully saturated rings. The van der Waals surface area contributed by atoms with E-state index < -0.39 is 6.36 Å². The predicted octanol–water partition coefficient (Wildman–Crippen LogP) is 5.19. The third-order valence-electron chi connectivity index (χ3n) is 3.47. The minimum Gasteiger partial charge on any atom is -0.406 e. The fraction of sp³-hybridized carbons (Fsp3) is 0.118. The maximum atomic E-state index is 12.7. The van der Waals surface area contributed by atoms with Crippen molar-refractivity contribution < 1.29 is 22.7 Å². The first-order chi connectivity index (χ1) is 11.2. The standard InChI is InChI=1S/C17H11ClF3NO2/c1-10-7-11-5-6-14(24-17(19,20)21)9-15(11)22(10)16(23)12-3-2-4-13(18)8-12/h2-9H,1H3. The van der Waals surface area contributed by atoms with Gasteiger partial charge in [0.1, 0.15) is 5.75 Å². The van der Waals surface area contributed by atoms with Crippen LogP contribution in [0.1, 0.15) is 16.1 Å². The molecule has 0 atom stereocenters. The van der Waals surface area contributed by atoms with Crippen molar-refractivity contribution in [3.63, 3.8) is 0 Å². The number of carbonyl (C=O) groups is 1. The van der Waals surface area contributed by atoms with Gasteiger partial charge in [-0.25, -0.2) is 0 Å². The zero-order valence-electron chi connectivity index (χ0n) is 12.4. The molecule has 3 aromatic rings. The molecule has 0 aliphatic heterocycles. The van der Waals surface area contributed by atoms with Gasteiger partial charge in [-0.05, 0) is 43.3 Å². The monoisotopic (exact) mass is 353 g/mol. The number of aryl methyl sites for hydroxylation is 1. The number of hydrogen-bond donors (Lipinski definition) is 0. The number of ether oxygens (including phenoxy) is 1. The lowest BCUT2D eigenvalue weighted by Gasteiger charge is -2.10. The van der Waals surface area contributed by atoms with Gasteiger partial charge in [-0.3, -0.25) is 9.36 Å². The Morgan fingerprint density at radius 3 is 2.54 bits per heavy atom. The highest BCUT2D eigenvalue weighted by atomic mass is 35.5. The Bertz CT molecular complexity index is 931. The van der Waals surface area contributed by atoms with Crippen LogP contribution in [0.2, 0.25) is 5.02 Å². The summed E-state index contributed by atoms with van der Waals surface area (Å²) >= 11 is 5.90. The van der Waals surface area contributed by atoms with Crippen molar-refractivity contribution in [3.05, 3.63) is 64.8 Å². The average molecular weight is 354 g/mol. The van der Waals surface area contributed by atoms with Crippen LogP contribution in [0.3, 0.4) is 0 Å². The average Bonchev–Trinajstić information content (AvgIpc) is 2.80. The van der Waals surface area contributed by atoms with E-state index in [-0.39, 0.29) is 11.7 Å². The third kappa shape index (κ3) is 3.23. The molecule has 0 saturated carbocycles. The highest BCUT2D eigenvalue weighted by Crippen LogP contribution is 2.29. The van der Waals surface area contributed by atoms with E-state index in [1.165, 1.54) is 28.8 Å². The van der Waals surface area contributed by atoms with Gasteiger partial charge in [-0.15, -0.1) is 13.2 Å². The number of rotatable bonds is 2. The molecule has 0 aliphatic carbocycles. The number of fused-ring (bicyclic) bond motifs is 1. The molecule has 0 aliphatic rings. The Hall–Kier alpha value is -2.47. The number of halogens is 4. The SMILES string of the molecule is Cc1cc2ccc(OC(F)(F)F)cc2n1C(=O)c1cccc(Cl)c1. The topological polar surface area (TPSA) is 31.2 Å². The molecule has 0 unspecified atom stereocenters. The first-order valence-corrected chi connectivity index (χ1v) is 7.30. The Labute approximate surface area is 140 Å². The second-order valence-electron chi connectivity index (χ2n) is 5.21. The minimum atomic E-state index is -4.79. The van der Waals surface area contributed by atoms with Crippen molar-refractivity contribution >= 4 is 28.4 Å². The van der Waals surface area contributed by atoms with Gasteiger partial charge >= 0.3 is 6.36 Å². The second-order valence-corrected chi connectivity index (χ2v) is 5.64. The summed E-state index contributed by atoms with van der Waals surface area (Å²) in [6, 6.07) is 12.0. The van der Waals surface area contributed by atoms with Crippen LogP contribution in [-0.2, 0) is 0 Å². The number of nitrogens with zero attached hydrogens (tertiary/aromatic N) is 1. The molecular weight excluding hydrogens is 343 g/mol. The molecule has 2 aromatic carbocycles. The van der Waals surface area contributed by atoms with E-state index in [9.17, 15) is 18.0 Å². The van der Waals surface area contributed by atoms with Crippen molar-refractivity contribution in [2.45, 2.75) is 13.3 Å². The maximum absolute atomic E-state index is 12.7. The molecule has 3 nitrogen and oxygen atoms in total. The molecule has 3 rings (SSSR count). The van der Waals surface area contributed by atoms with Crippen LogP contribution in [0.4, 0.5) is 13.2 Å². The number of hydrogen-bond acceptors (Lipinski definition) is 2. The van der Waals surface area contributed by atoms with Crippen molar-refractivity contribution in [1.82, 2.24) is 4.57 Å². The number of benzene rings is 2. The van der Waals surface area contributed by atoms with Crippen molar-refractivity contribution in [1.29, 1.82) is 0 Å². The Morgan fingerprint density at radius 1 is 1.12 bits per heavy atom. The first kappa shape index (κ1) is 16.4. The smallest absolute Gasteiger partial charge is 0.406 e. The van der Waals surface area contributed by atoms with Crippen LogP contribution in [0.15, 0.2) is 48.5 Å². The Balaban J connectivity index is 2.11. The summed E-state index contributed by atoms with van der Waals surface area (Å²) in [5, 5.41) is 1.04. The number of carbonyl (C=O) groups excluding carboxylic acids is 1. The third-order valence-corrected chi connectivity index (χ3v) is 3.70. The molecule has 0 radical (unpaired) electrons. The van der Waals surface area contributed by atoms with Gasteiger partial charge in [0.25, 0.3) is 5.91 Å². The van der Waals surface area contributed by atoms with E-state index in [0.717, 1.165) is 0 Å². The Morgan fingerprint density at radius 2 is 1.88 bits per heavy atom. The summed E-state index contributed by atoms with van der Waals surface area (Å²) in [6.45, 7) is 1.70. The van der Waals surface area contributed by atoms with Crippen molar-refractivity contribution in [2.75, 3.05) is 0 Å². The summed E-state index contributed by atoms with van der Waals surface area (Å²) in [5.41, 5.74) is 1.27. The fourth-order valence-corrected chi connectivity index (χ4v) is 2.73. The van der Waals surface area contributed by atoms with Gasteiger partial charge in [0.15, 0.2) is 0 Å². The summed E-state index contributed by atoms with van der Waals surface area (Å²) in [4.78, 5) is 12.7. The largest absolute Gasteiger partial charge is 0.573 e. The fourth-order valence-electron chi connectivity index (χ4n) is 2.54. The molecule has 0 spiro atoms. The second kappa shape index (κ2) is 5.87. The zero-order chi connectivity index (χ0) is 17.5. The van der Waals surface area contributed by atoms with Crippen molar-refractivity contribution in [2.24, 2.45) is 0 Å². The van der Waals surface area contributed by atoms with Gasteiger partial charge in [0, 0.05) is 27.7 Å². The van der Waals surface area contributed by atoms with Crippen LogP contribution in [-0.4, -0.2) is 16.8 Å². The molecule has 1 aromatic heterocycles. The molecule has 0 N–H and O–H groups in total. The lowest BCUT2D eigenvalue weighted by atomic mass is 10.2. The Kier molecular flexibility index (Phi) is 4.01. The molecule has 1 heterocycles. The molecule has 24 heavy (non-hydrogen) atoms. The van der Waals surface area contributed by atoms with Gasteiger partial charge in [-0.1, -0.05) is 17.7 Å². The van der Waals surface area contributed by atoms with E-state index in [0.29, 0.717) is 27.2 Å². The molecule has 0 bridgehead atoms. The molecule has 124 valence electrons. The van der Waals surface area contributed by atoms with E-state index in [1.807, 2.05) is 0 Å². The van der Waals surface area contributed by atoms with E-state index in [4.69, 9.17) is 11.6 Å². The summed E-state index contributed by atoms with van der Waals surface area (Å²) in [5.74, 6) is -0.762. The summed E-state index contributed by atoms with van der Waals surface area (Å²) in [6.07, 6.45) is -4.79. The van der Waals surface area contributed by atoms with Crippen LogP contribution in [0.25, 0.3) is 10.9 Å². The number of aromatic nitrogens is 1. The van der Waals surface area contributed by atoms with Gasteiger partial charge in [0.2, 0.25) is 0 Å². The highest BCUT2D eigenvalue weighted by molar-refractivity contribution is 6.31. The first-order valence-electron chi connectivity index (χ1n) is 6.93. The van der Waals surface area contributed by atoms with Crippen molar-refractivity contribution in [3.8, 4) is 5.75 Å². The van der Waals surface area contributed by atoms with Gasteiger partial charge < -0.3 is 4.74 Å². The lowest BCUT2D eigenvalue weighted by Crippen LogP contribution is -2.17. The van der Waals surface area contributed by atoms with Crippen LogP contribution in [0.5, 0.6) is 5.75 Å². The van der Waals surface area contributed by atoms with E-state index in [2.05, 4.69) is 4.74 Å². The van der Waals surface area contributed by atoms with E-state index in [1.54, 1.807) is 31.2 Å². The van der Waals surface area contributed by atoms with Gasteiger partial charge in [0.05, 0.1) is 5.52 Å². The highest BCUT2D eigenvalue weighted by Gasteiger charge is 2.31. The van der Waals surface area contributed by atoms with Crippen LogP contribution >= 0.6 is 11.6 Å². The number of alkyl halides is 3. The molecule has 0 amide bonds. The minimum absolute atomic E-state index is 0.333. The lowest BCUT2D eigenvalue weighted by molar-refractivity contribution is -0.274. The zero-order valence-corrected chi connectivity index (χ0v) is 13.2. The molecule has 0 saturated heterocycles. The summed E-state index contributed by atoms with van der Waals surface area (Å²) < 4.78 is 42.5. The summed E-state index contributed by atoms with van der Waals surface area (Å²) in [7, 11) is 0. The van der Waals surface area contributed by atoms with Crippen LogP contribution in [0, 0.1) is 6.92 Å². The molecule has 7 heteroatoms. The normalized spacial score (nSPS) is 11.7. The quantitative estimate of drug-likeness (QED) is 0.635. The maximum Gasteiger partial charge on any atom is 0.573 e. The van der Waals surface area contributed by atoms with Gasteiger partial charge in [-0.2, -0.15) is 0 Å². The van der Waals surface area contributed by atoms with Crippen LogP contribution < -0.4 is 4.74 Å². The van der Waals surface area contributed by atoms with E-state index >= 15 is 0 Å². The predicted molar refractivity (Wildman–Crippen MR) is 84.5 cm³/mol.